The van der Waals surface area contributed by atoms with Crippen LogP contribution in [0.1, 0.15) is 6.42 Å². The lowest BCUT2D eigenvalue weighted by Gasteiger charge is -2.08. The van der Waals surface area contributed by atoms with Crippen LogP contribution in [-0.2, 0) is 0 Å². The summed E-state index contributed by atoms with van der Waals surface area (Å²) >= 11 is 0. The van der Waals surface area contributed by atoms with Crippen LogP contribution in [0.15, 0.2) is 77.0 Å². The van der Waals surface area contributed by atoms with Crippen molar-refractivity contribution in [2.24, 2.45) is 0 Å². The van der Waals surface area contributed by atoms with Gasteiger partial charge in [0.25, 0.3) is 0 Å². The van der Waals surface area contributed by atoms with Gasteiger partial charge in [-0.3, -0.25) is 0 Å². The summed E-state index contributed by atoms with van der Waals surface area (Å²) in [6.07, 6.45) is 23.4. The van der Waals surface area contributed by atoms with Crippen LogP contribution in [0, 0.1) is 6.08 Å². The summed E-state index contributed by atoms with van der Waals surface area (Å²) in [5.74, 6) is 0. The van der Waals surface area contributed by atoms with E-state index in [1.165, 1.54) is 22.3 Å². The molecule has 0 aromatic rings. The second-order valence-electron chi connectivity index (χ2n) is 3.75. The second-order valence-corrected chi connectivity index (χ2v) is 3.75. The molecule has 0 aromatic carbocycles. The minimum Gasteiger partial charge on any atom is -0.0716 e. The molecule has 0 spiro atoms. The van der Waals surface area contributed by atoms with E-state index in [-0.39, 0.29) is 0 Å². The third-order valence-corrected chi connectivity index (χ3v) is 2.82. The average molecular weight is 191 g/mol. The third-order valence-electron chi connectivity index (χ3n) is 2.82. The Morgan fingerprint density at radius 2 is 1.93 bits per heavy atom. The van der Waals surface area contributed by atoms with E-state index in [1.54, 1.807) is 0 Å². The van der Waals surface area contributed by atoms with Crippen LogP contribution >= 0.6 is 0 Å². The van der Waals surface area contributed by atoms with Crippen molar-refractivity contribution in [2.45, 2.75) is 6.42 Å². The fraction of sp³-hybridized carbons (Fsp3) is 0.0667. The number of rotatable bonds is 0. The fourth-order valence-corrected chi connectivity index (χ4v) is 2.09. The molecule has 0 amide bonds. The molecule has 0 unspecified atom stereocenters. The number of allylic oxidation sites excluding steroid dienone is 14. The molecule has 0 bridgehead atoms. The lowest BCUT2D eigenvalue weighted by molar-refractivity contribution is 1.25. The molecule has 0 atom stereocenters. The van der Waals surface area contributed by atoms with Gasteiger partial charge in [0, 0.05) is 0 Å². The maximum absolute atomic E-state index is 3.30. The predicted octanol–water partition coefficient (Wildman–Crippen LogP) is 3.59. The summed E-state index contributed by atoms with van der Waals surface area (Å²) < 4.78 is 0. The lowest BCUT2D eigenvalue weighted by Crippen LogP contribution is -1.90. The maximum Gasteiger partial charge on any atom is -0.00757 e. The van der Waals surface area contributed by atoms with Crippen molar-refractivity contribution in [3.05, 3.63) is 83.1 Å². The predicted molar refractivity (Wildman–Crippen MR) is 63.0 cm³/mol. The molecule has 1 radical (unpaired) electrons. The Morgan fingerprint density at radius 1 is 0.933 bits per heavy atom. The van der Waals surface area contributed by atoms with Crippen LogP contribution in [-0.4, -0.2) is 0 Å². The van der Waals surface area contributed by atoms with E-state index in [1.807, 2.05) is 0 Å². The van der Waals surface area contributed by atoms with Gasteiger partial charge in [0.2, 0.25) is 0 Å². The molecule has 0 saturated carbocycles. The lowest BCUT2D eigenvalue weighted by atomic mass is 9.95. The highest BCUT2D eigenvalue weighted by Crippen LogP contribution is 2.33. The SMILES string of the molecule is [C]1=CCC2=C1C=CC=C1C=CC=CC=C12. The highest BCUT2D eigenvalue weighted by atomic mass is 14.2. The summed E-state index contributed by atoms with van der Waals surface area (Å²) in [4.78, 5) is 0. The molecular formula is C15H11. The summed E-state index contributed by atoms with van der Waals surface area (Å²) in [5.41, 5.74) is 5.25. The summed E-state index contributed by atoms with van der Waals surface area (Å²) in [6, 6.07) is 0. The minimum absolute atomic E-state index is 1.00. The van der Waals surface area contributed by atoms with Gasteiger partial charge in [-0.05, 0) is 34.8 Å². The Morgan fingerprint density at radius 3 is 2.93 bits per heavy atom. The first-order chi connectivity index (χ1) is 7.45. The molecule has 0 saturated heterocycles. The van der Waals surface area contributed by atoms with Gasteiger partial charge in [0.1, 0.15) is 0 Å². The molecule has 3 aliphatic carbocycles. The van der Waals surface area contributed by atoms with Gasteiger partial charge in [-0.15, -0.1) is 0 Å². The van der Waals surface area contributed by atoms with Crippen LogP contribution in [0.4, 0.5) is 0 Å². The number of hydrogen-bond acceptors (Lipinski definition) is 0. The van der Waals surface area contributed by atoms with Crippen LogP contribution in [0.25, 0.3) is 0 Å². The zero-order chi connectivity index (χ0) is 10.1. The highest BCUT2D eigenvalue weighted by molar-refractivity contribution is 5.63. The Bertz CT molecular complexity index is 500. The van der Waals surface area contributed by atoms with Crippen molar-refractivity contribution in [1.29, 1.82) is 0 Å². The van der Waals surface area contributed by atoms with Crippen molar-refractivity contribution in [3.8, 4) is 0 Å². The molecule has 0 heteroatoms. The standard InChI is InChI=1S/C15H11/c1-2-6-12-7-4-8-13-9-5-11-15(13)14(12)10-3-1/h1-8,10H,11H2. The molecule has 71 valence electrons. The van der Waals surface area contributed by atoms with Gasteiger partial charge in [0.05, 0.1) is 0 Å². The van der Waals surface area contributed by atoms with Gasteiger partial charge in [-0.25, -0.2) is 0 Å². The van der Waals surface area contributed by atoms with Gasteiger partial charge >= 0.3 is 0 Å². The Kier molecular flexibility index (Phi) is 1.92. The van der Waals surface area contributed by atoms with Gasteiger partial charge in [-0.2, -0.15) is 0 Å². The van der Waals surface area contributed by atoms with E-state index in [4.69, 9.17) is 0 Å². The Hall–Kier alpha value is -1.82. The van der Waals surface area contributed by atoms with Crippen LogP contribution in [0.5, 0.6) is 0 Å². The molecule has 3 rings (SSSR count). The first-order valence-electron chi connectivity index (χ1n) is 5.21. The van der Waals surface area contributed by atoms with Gasteiger partial charge in [-0.1, -0.05) is 54.7 Å². The van der Waals surface area contributed by atoms with E-state index in [0.717, 1.165) is 6.42 Å². The smallest absolute Gasteiger partial charge is 0.00757 e. The van der Waals surface area contributed by atoms with Gasteiger partial charge < -0.3 is 0 Å². The maximum atomic E-state index is 3.30. The number of fused-ring (bicyclic) bond motifs is 2. The van der Waals surface area contributed by atoms with Crippen molar-refractivity contribution >= 4 is 0 Å². The van der Waals surface area contributed by atoms with Crippen LogP contribution in [0.2, 0.25) is 0 Å². The molecule has 0 heterocycles. The molecule has 15 heavy (non-hydrogen) atoms. The highest BCUT2D eigenvalue weighted by Gasteiger charge is 2.16. The monoisotopic (exact) mass is 191 g/mol. The van der Waals surface area contributed by atoms with E-state index in [2.05, 4.69) is 60.8 Å². The molecule has 0 N–H and O–H groups in total. The molecule has 0 aromatic heterocycles. The van der Waals surface area contributed by atoms with Crippen LogP contribution < -0.4 is 0 Å². The number of hydrogen-bond donors (Lipinski definition) is 0. The largest absolute Gasteiger partial charge is 0.0716 e. The Balaban J connectivity index is 2.19. The van der Waals surface area contributed by atoms with Crippen molar-refractivity contribution in [3.63, 3.8) is 0 Å². The molecule has 3 aliphatic rings. The average Bonchev–Trinajstić information content (AvgIpc) is 2.49. The van der Waals surface area contributed by atoms with Crippen LogP contribution in [0.3, 0.4) is 0 Å². The fourth-order valence-electron chi connectivity index (χ4n) is 2.09. The Labute approximate surface area is 90.0 Å². The third kappa shape index (κ3) is 1.39. The van der Waals surface area contributed by atoms with E-state index in [9.17, 15) is 0 Å². The van der Waals surface area contributed by atoms with E-state index in [0.29, 0.717) is 0 Å². The van der Waals surface area contributed by atoms with E-state index >= 15 is 0 Å². The molecule has 0 fully saturated rings. The quantitative estimate of drug-likeness (QED) is 0.549. The van der Waals surface area contributed by atoms with Crippen molar-refractivity contribution in [2.75, 3.05) is 0 Å². The summed E-state index contributed by atoms with van der Waals surface area (Å²) in [6.45, 7) is 0. The summed E-state index contributed by atoms with van der Waals surface area (Å²) in [7, 11) is 0. The molecule has 0 aliphatic heterocycles. The summed E-state index contributed by atoms with van der Waals surface area (Å²) in [5, 5.41) is 0. The van der Waals surface area contributed by atoms with Crippen molar-refractivity contribution < 1.29 is 0 Å². The minimum atomic E-state index is 1.00. The normalized spacial score (nSPS) is 21.9. The molecule has 0 nitrogen and oxygen atoms in total. The molecular weight excluding hydrogens is 180 g/mol. The van der Waals surface area contributed by atoms with E-state index < -0.39 is 0 Å². The first kappa shape index (κ1) is 8.49. The van der Waals surface area contributed by atoms with Gasteiger partial charge in [0.15, 0.2) is 0 Å². The topological polar surface area (TPSA) is 0 Å². The first-order valence-corrected chi connectivity index (χ1v) is 5.21. The zero-order valence-corrected chi connectivity index (χ0v) is 8.40. The van der Waals surface area contributed by atoms with Crippen molar-refractivity contribution in [1.82, 2.24) is 0 Å². The zero-order valence-electron chi connectivity index (χ0n) is 8.40. The second kappa shape index (κ2) is 3.39.